The van der Waals surface area contributed by atoms with Crippen LogP contribution in [0.3, 0.4) is 0 Å². The molecule has 2 fully saturated rings. The second-order valence-corrected chi connectivity index (χ2v) is 4.86. The summed E-state index contributed by atoms with van der Waals surface area (Å²) in [4.78, 5) is 2.45. The number of rotatable bonds is 4. The summed E-state index contributed by atoms with van der Waals surface area (Å²) in [7, 11) is 2.22. The summed E-state index contributed by atoms with van der Waals surface area (Å²) >= 11 is 0. The van der Waals surface area contributed by atoms with Crippen LogP contribution >= 0.6 is 0 Å². The molecule has 12 heavy (non-hydrogen) atoms. The zero-order chi connectivity index (χ0) is 8.77. The van der Waals surface area contributed by atoms with Crippen molar-refractivity contribution in [2.75, 3.05) is 13.6 Å². The normalized spacial score (nSPS) is 29.0. The van der Waals surface area contributed by atoms with Gasteiger partial charge in [0.15, 0.2) is 0 Å². The molecule has 0 amide bonds. The first kappa shape index (κ1) is 8.52. The lowest BCUT2D eigenvalue weighted by Gasteiger charge is -2.27. The molecule has 2 N–H and O–H groups in total. The van der Waals surface area contributed by atoms with Gasteiger partial charge < -0.3 is 10.6 Å². The topological polar surface area (TPSA) is 29.3 Å². The second kappa shape index (κ2) is 2.71. The van der Waals surface area contributed by atoms with Crippen molar-refractivity contribution >= 4 is 0 Å². The SMILES string of the molecule is CC(C1CC1)N(C)CC1(N)CC1. The molecule has 1 unspecified atom stereocenters. The van der Waals surface area contributed by atoms with Crippen molar-refractivity contribution in [3.05, 3.63) is 0 Å². The van der Waals surface area contributed by atoms with Crippen LogP contribution in [-0.4, -0.2) is 30.1 Å². The van der Waals surface area contributed by atoms with Crippen molar-refractivity contribution < 1.29 is 0 Å². The molecule has 2 heteroatoms. The molecule has 0 heterocycles. The Bertz CT molecular complexity index is 171. The lowest BCUT2D eigenvalue weighted by atomic mass is 10.1. The zero-order valence-electron chi connectivity index (χ0n) is 8.21. The van der Waals surface area contributed by atoms with Gasteiger partial charge in [0.25, 0.3) is 0 Å². The molecule has 2 rings (SSSR count). The van der Waals surface area contributed by atoms with Crippen LogP contribution in [-0.2, 0) is 0 Å². The molecule has 0 aromatic heterocycles. The Hall–Kier alpha value is -0.0800. The summed E-state index contributed by atoms with van der Waals surface area (Å²) in [5.41, 5.74) is 6.26. The Kier molecular flexibility index (Phi) is 1.92. The van der Waals surface area contributed by atoms with Crippen LogP contribution in [0.25, 0.3) is 0 Å². The standard InChI is InChI=1S/C10H20N2/c1-8(9-3-4-9)12(2)7-10(11)5-6-10/h8-9H,3-7,11H2,1-2H3. The minimum absolute atomic E-state index is 0.192. The van der Waals surface area contributed by atoms with E-state index >= 15 is 0 Å². The number of nitrogens with zero attached hydrogens (tertiary/aromatic N) is 1. The summed E-state index contributed by atoms with van der Waals surface area (Å²) in [6.45, 7) is 3.44. The van der Waals surface area contributed by atoms with Gasteiger partial charge in [-0.25, -0.2) is 0 Å². The van der Waals surface area contributed by atoms with Crippen molar-refractivity contribution in [2.45, 2.75) is 44.2 Å². The van der Waals surface area contributed by atoms with Crippen LogP contribution < -0.4 is 5.73 Å². The summed E-state index contributed by atoms with van der Waals surface area (Å²) in [5, 5.41) is 0. The lowest BCUT2D eigenvalue weighted by molar-refractivity contribution is 0.216. The zero-order valence-corrected chi connectivity index (χ0v) is 8.21. The highest BCUT2D eigenvalue weighted by molar-refractivity contribution is 5.01. The van der Waals surface area contributed by atoms with E-state index in [1.54, 1.807) is 0 Å². The van der Waals surface area contributed by atoms with Gasteiger partial charge in [0.05, 0.1) is 0 Å². The smallest absolute Gasteiger partial charge is 0.0284 e. The summed E-state index contributed by atoms with van der Waals surface area (Å²) in [6.07, 6.45) is 5.33. The number of likely N-dealkylation sites (N-methyl/N-ethyl adjacent to an activating group) is 1. The predicted octanol–water partition coefficient (Wildman–Crippen LogP) is 1.21. The second-order valence-electron chi connectivity index (χ2n) is 4.86. The molecule has 2 saturated carbocycles. The molecule has 0 aromatic carbocycles. The quantitative estimate of drug-likeness (QED) is 0.683. The lowest BCUT2D eigenvalue weighted by Crippen LogP contribution is -2.42. The minimum Gasteiger partial charge on any atom is -0.324 e. The third-order valence-corrected chi connectivity index (χ3v) is 3.46. The van der Waals surface area contributed by atoms with Crippen molar-refractivity contribution in [2.24, 2.45) is 11.7 Å². The highest BCUT2D eigenvalue weighted by Gasteiger charge is 2.41. The average molecular weight is 168 g/mol. The highest BCUT2D eigenvalue weighted by atomic mass is 15.2. The van der Waals surface area contributed by atoms with Crippen molar-refractivity contribution in [3.63, 3.8) is 0 Å². The van der Waals surface area contributed by atoms with Gasteiger partial charge in [-0.1, -0.05) is 0 Å². The Morgan fingerprint density at radius 1 is 1.50 bits per heavy atom. The first-order valence-corrected chi connectivity index (χ1v) is 5.10. The van der Waals surface area contributed by atoms with Gasteiger partial charge in [0.1, 0.15) is 0 Å². The van der Waals surface area contributed by atoms with Crippen molar-refractivity contribution in [1.29, 1.82) is 0 Å². The fourth-order valence-corrected chi connectivity index (χ4v) is 1.90. The molecular formula is C10H20N2. The first-order valence-electron chi connectivity index (χ1n) is 5.10. The largest absolute Gasteiger partial charge is 0.324 e. The van der Waals surface area contributed by atoms with Crippen LogP contribution in [0, 0.1) is 5.92 Å². The maximum absolute atomic E-state index is 6.06. The number of hydrogen-bond acceptors (Lipinski definition) is 2. The highest BCUT2D eigenvalue weighted by Crippen LogP contribution is 2.38. The molecule has 0 radical (unpaired) electrons. The summed E-state index contributed by atoms with van der Waals surface area (Å²) < 4.78 is 0. The Morgan fingerprint density at radius 2 is 2.08 bits per heavy atom. The van der Waals surface area contributed by atoms with E-state index in [4.69, 9.17) is 5.73 Å². The molecule has 0 spiro atoms. The molecule has 70 valence electrons. The minimum atomic E-state index is 0.192. The van der Waals surface area contributed by atoms with Crippen LogP contribution in [0.4, 0.5) is 0 Å². The molecule has 1 atom stereocenters. The fourth-order valence-electron chi connectivity index (χ4n) is 1.90. The van der Waals surface area contributed by atoms with E-state index in [2.05, 4.69) is 18.9 Å². The maximum atomic E-state index is 6.06. The Balaban J connectivity index is 1.78. The molecule has 2 aliphatic carbocycles. The van der Waals surface area contributed by atoms with Crippen LogP contribution in [0.5, 0.6) is 0 Å². The van der Waals surface area contributed by atoms with Gasteiger partial charge in [-0.2, -0.15) is 0 Å². The molecule has 0 saturated heterocycles. The van der Waals surface area contributed by atoms with Gasteiger partial charge in [-0.15, -0.1) is 0 Å². The third kappa shape index (κ3) is 1.80. The van der Waals surface area contributed by atoms with Crippen LogP contribution in [0.2, 0.25) is 0 Å². The summed E-state index contributed by atoms with van der Waals surface area (Å²) in [5.74, 6) is 0.970. The van der Waals surface area contributed by atoms with E-state index in [0.717, 1.165) is 18.5 Å². The first-order chi connectivity index (χ1) is 5.61. The van der Waals surface area contributed by atoms with Gasteiger partial charge in [0.2, 0.25) is 0 Å². The molecule has 0 bridgehead atoms. The van der Waals surface area contributed by atoms with Crippen LogP contribution in [0.1, 0.15) is 32.6 Å². The van der Waals surface area contributed by atoms with E-state index in [1.807, 2.05) is 0 Å². The van der Waals surface area contributed by atoms with E-state index in [0.29, 0.717) is 0 Å². The van der Waals surface area contributed by atoms with Gasteiger partial charge in [0, 0.05) is 18.1 Å². The van der Waals surface area contributed by atoms with E-state index < -0.39 is 0 Å². The van der Waals surface area contributed by atoms with E-state index in [-0.39, 0.29) is 5.54 Å². The monoisotopic (exact) mass is 168 g/mol. The molecule has 2 nitrogen and oxygen atoms in total. The van der Waals surface area contributed by atoms with E-state index in [9.17, 15) is 0 Å². The molecular weight excluding hydrogens is 148 g/mol. The Morgan fingerprint density at radius 3 is 2.50 bits per heavy atom. The molecule has 0 aliphatic heterocycles. The van der Waals surface area contributed by atoms with Crippen molar-refractivity contribution in [3.8, 4) is 0 Å². The average Bonchev–Trinajstić information content (AvgIpc) is 2.83. The Labute approximate surface area is 75.1 Å². The summed E-state index contributed by atoms with van der Waals surface area (Å²) in [6, 6.07) is 0.756. The molecule has 2 aliphatic rings. The van der Waals surface area contributed by atoms with Gasteiger partial charge >= 0.3 is 0 Å². The maximum Gasteiger partial charge on any atom is 0.0284 e. The predicted molar refractivity (Wildman–Crippen MR) is 51.0 cm³/mol. The number of nitrogens with two attached hydrogens (primary N) is 1. The van der Waals surface area contributed by atoms with Gasteiger partial charge in [-0.05, 0) is 45.6 Å². The van der Waals surface area contributed by atoms with Crippen LogP contribution in [0.15, 0.2) is 0 Å². The van der Waals surface area contributed by atoms with E-state index in [1.165, 1.54) is 25.7 Å². The van der Waals surface area contributed by atoms with Gasteiger partial charge in [-0.3, -0.25) is 0 Å². The molecule has 0 aromatic rings. The number of hydrogen-bond donors (Lipinski definition) is 1. The van der Waals surface area contributed by atoms with Crippen molar-refractivity contribution in [1.82, 2.24) is 4.90 Å². The fraction of sp³-hybridized carbons (Fsp3) is 1.00. The third-order valence-electron chi connectivity index (χ3n) is 3.46.